The van der Waals surface area contributed by atoms with E-state index < -0.39 is 0 Å². The van der Waals surface area contributed by atoms with Gasteiger partial charge in [0.1, 0.15) is 6.10 Å². The highest BCUT2D eigenvalue weighted by Crippen LogP contribution is 2.20. The average Bonchev–Trinajstić information content (AvgIpc) is 2.36. The number of rotatable bonds is 3. The van der Waals surface area contributed by atoms with Crippen LogP contribution in [0.15, 0.2) is 0 Å². The first-order valence-electron chi connectivity index (χ1n) is 4.67. The van der Waals surface area contributed by atoms with E-state index >= 15 is 0 Å². The molecule has 0 aromatic carbocycles. The number of nitrogens with two attached hydrogens (primary N) is 1. The van der Waals surface area contributed by atoms with Crippen LogP contribution in [0.1, 0.15) is 39.0 Å². The van der Waals surface area contributed by atoms with Crippen molar-refractivity contribution < 1.29 is 9.53 Å². The van der Waals surface area contributed by atoms with Gasteiger partial charge in [0.15, 0.2) is 0 Å². The molecular formula is C9H17NO2. The predicted molar refractivity (Wildman–Crippen MR) is 46.6 cm³/mol. The van der Waals surface area contributed by atoms with Gasteiger partial charge in [-0.25, -0.2) is 0 Å². The van der Waals surface area contributed by atoms with Gasteiger partial charge in [0.05, 0.1) is 0 Å². The van der Waals surface area contributed by atoms with E-state index in [0.717, 1.165) is 25.7 Å². The Balaban J connectivity index is 2.18. The zero-order chi connectivity index (χ0) is 8.97. The van der Waals surface area contributed by atoms with Crippen LogP contribution in [0.3, 0.4) is 0 Å². The lowest BCUT2D eigenvalue weighted by Crippen LogP contribution is -2.19. The molecule has 1 saturated carbocycles. The molecule has 1 aliphatic carbocycles. The summed E-state index contributed by atoms with van der Waals surface area (Å²) < 4.78 is 5.20. The van der Waals surface area contributed by atoms with Gasteiger partial charge >= 0.3 is 5.97 Å². The molecular weight excluding hydrogens is 154 g/mol. The van der Waals surface area contributed by atoms with Gasteiger partial charge in [0.2, 0.25) is 0 Å². The van der Waals surface area contributed by atoms with Crippen LogP contribution in [0.4, 0.5) is 0 Å². The van der Waals surface area contributed by atoms with Crippen LogP contribution in [0, 0.1) is 0 Å². The van der Waals surface area contributed by atoms with Crippen molar-refractivity contribution in [3.63, 3.8) is 0 Å². The van der Waals surface area contributed by atoms with Crippen molar-refractivity contribution in [1.29, 1.82) is 0 Å². The lowest BCUT2D eigenvalue weighted by Gasteiger charge is -2.10. The van der Waals surface area contributed by atoms with E-state index in [1.165, 1.54) is 0 Å². The number of esters is 1. The number of carbonyl (C=O) groups is 1. The van der Waals surface area contributed by atoms with Crippen molar-refractivity contribution in [2.75, 3.05) is 0 Å². The van der Waals surface area contributed by atoms with Crippen LogP contribution < -0.4 is 5.73 Å². The Morgan fingerprint density at radius 1 is 1.58 bits per heavy atom. The summed E-state index contributed by atoms with van der Waals surface area (Å²) in [5.41, 5.74) is 5.68. The van der Waals surface area contributed by atoms with E-state index in [0.29, 0.717) is 6.42 Å². The molecule has 0 aliphatic heterocycles. The molecule has 0 aromatic heterocycles. The first-order chi connectivity index (χ1) is 5.72. The van der Waals surface area contributed by atoms with Gasteiger partial charge in [-0.2, -0.15) is 0 Å². The lowest BCUT2D eigenvalue weighted by molar-refractivity contribution is -0.148. The highest BCUT2D eigenvalue weighted by molar-refractivity contribution is 5.69. The fraction of sp³-hybridized carbons (Fsp3) is 0.889. The summed E-state index contributed by atoms with van der Waals surface area (Å²) in [6, 6.07) is 0.240. The lowest BCUT2D eigenvalue weighted by atomic mass is 10.3. The summed E-state index contributed by atoms with van der Waals surface area (Å²) in [6.07, 6.45) is 4.26. The van der Waals surface area contributed by atoms with E-state index in [1.807, 2.05) is 6.92 Å². The number of carbonyl (C=O) groups excluding carboxylic acids is 1. The molecule has 70 valence electrons. The number of hydrogen-bond acceptors (Lipinski definition) is 3. The topological polar surface area (TPSA) is 52.3 Å². The third kappa shape index (κ3) is 2.81. The monoisotopic (exact) mass is 171 g/mol. The molecule has 0 saturated heterocycles. The van der Waals surface area contributed by atoms with Crippen molar-refractivity contribution in [1.82, 2.24) is 0 Å². The maximum Gasteiger partial charge on any atom is 0.306 e. The molecule has 2 N–H and O–H groups in total. The molecule has 1 aliphatic rings. The van der Waals surface area contributed by atoms with Crippen LogP contribution >= 0.6 is 0 Å². The molecule has 0 heterocycles. The fourth-order valence-corrected chi connectivity index (χ4v) is 1.53. The Bertz CT molecular complexity index is 159. The summed E-state index contributed by atoms with van der Waals surface area (Å²) >= 11 is 0. The Hall–Kier alpha value is -0.570. The van der Waals surface area contributed by atoms with E-state index in [-0.39, 0.29) is 18.1 Å². The third-order valence-corrected chi connectivity index (χ3v) is 2.18. The quantitative estimate of drug-likeness (QED) is 0.649. The summed E-state index contributed by atoms with van der Waals surface area (Å²) in [4.78, 5) is 11.0. The second-order valence-corrected chi connectivity index (χ2v) is 3.44. The van der Waals surface area contributed by atoms with E-state index in [4.69, 9.17) is 10.5 Å². The van der Waals surface area contributed by atoms with Crippen LogP contribution in [-0.2, 0) is 9.53 Å². The van der Waals surface area contributed by atoms with E-state index in [9.17, 15) is 4.79 Å². The van der Waals surface area contributed by atoms with Crippen LogP contribution in [0.5, 0.6) is 0 Å². The summed E-state index contributed by atoms with van der Waals surface area (Å²) in [5.74, 6) is -0.0726. The first kappa shape index (κ1) is 9.52. The van der Waals surface area contributed by atoms with Crippen LogP contribution in [0.25, 0.3) is 0 Å². The molecule has 1 rings (SSSR count). The van der Waals surface area contributed by atoms with Crippen molar-refractivity contribution in [2.45, 2.75) is 51.2 Å². The Labute approximate surface area is 73.3 Å². The average molecular weight is 171 g/mol. The molecule has 3 heteroatoms. The van der Waals surface area contributed by atoms with Crippen molar-refractivity contribution in [2.24, 2.45) is 5.73 Å². The Morgan fingerprint density at radius 3 is 2.83 bits per heavy atom. The van der Waals surface area contributed by atoms with Crippen LogP contribution in [0.2, 0.25) is 0 Å². The first-order valence-corrected chi connectivity index (χ1v) is 4.67. The van der Waals surface area contributed by atoms with Crippen molar-refractivity contribution >= 4 is 5.97 Å². The molecule has 0 spiro atoms. The number of hydrogen-bond donors (Lipinski definition) is 1. The molecule has 12 heavy (non-hydrogen) atoms. The highest BCUT2D eigenvalue weighted by atomic mass is 16.5. The minimum atomic E-state index is -0.0726. The summed E-state index contributed by atoms with van der Waals surface area (Å²) in [6.45, 7) is 1.97. The SMILES string of the molecule is CCCC(=O)OC1CCC(N)C1. The van der Waals surface area contributed by atoms with Crippen molar-refractivity contribution in [3.05, 3.63) is 0 Å². The second-order valence-electron chi connectivity index (χ2n) is 3.44. The normalized spacial score (nSPS) is 28.8. The molecule has 2 atom stereocenters. The molecule has 3 nitrogen and oxygen atoms in total. The largest absolute Gasteiger partial charge is 0.462 e. The second kappa shape index (κ2) is 4.45. The van der Waals surface area contributed by atoms with E-state index in [1.54, 1.807) is 0 Å². The molecule has 0 amide bonds. The highest BCUT2D eigenvalue weighted by Gasteiger charge is 2.24. The zero-order valence-electron chi connectivity index (χ0n) is 7.58. The minimum absolute atomic E-state index is 0.0726. The van der Waals surface area contributed by atoms with Gasteiger partial charge in [0, 0.05) is 12.5 Å². The van der Waals surface area contributed by atoms with Gasteiger partial charge < -0.3 is 10.5 Å². The van der Waals surface area contributed by atoms with Gasteiger partial charge in [-0.15, -0.1) is 0 Å². The minimum Gasteiger partial charge on any atom is -0.462 e. The van der Waals surface area contributed by atoms with E-state index in [2.05, 4.69) is 0 Å². The fourth-order valence-electron chi connectivity index (χ4n) is 1.53. The third-order valence-electron chi connectivity index (χ3n) is 2.18. The number of ether oxygens (including phenoxy) is 1. The van der Waals surface area contributed by atoms with Gasteiger partial charge in [-0.1, -0.05) is 6.92 Å². The van der Waals surface area contributed by atoms with Gasteiger partial charge in [0.25, 0.3) is 0 Å². The van der Waals surface area contributed by atoms with Gasteiger partial charge in [-0.3, -0.25) is 4.79 Å². The predicted octanol–water partition coefficient (Wildman–Crippen LogP) is 1.21. The smallest absolute Gasteiger partial charge is 0.306 e. The summed E-state index contributed by atoms with van der Waals surface area (Å²) in [7, 11) is 0. The Kier molecular flexibility index (Phi) is 3.53. The Morgan fingerprint density at radius 2 is 2.33 bits per heavy atom. The molecule has 2 unspecified atom stereocenters. The molecule has 0 bridgehead atoms. The summed E-state index contributed by atoms with van der Waals surface area (Å²) in [5, 5.41) is 0. The standard InChI is InChI=1S/C9H17NO2/c1-2-3-9(11)12-8-5-4-7(10)6-8/h7-8H,2-6,10H2,1H3. The van der Waals surface area contributed by atoms with Crippen molar-refractivity contribution in [3.8, 4) is 0 Å². The molecule has 1 fully saturated rings. The maximum atomic E-state index is 11.0. The zero-order valence-corrected chi connectivity index (χ0v) is 7.58. The van der Waals surface area contributed by atoms with Crippen LogP contribution in [-0.4, -0.2) is 18.1 Å². The maximum absolute atomic E-state index is 11.0. The molecule has 0 radical (unpaired) electrons. The molecule has 0 aromatic rings. The van der Waals surface area contributed by atoms with Gasteiger partial charge in [-0.05, 0) is 25.7 Å².